The number of benzene rings is 2. The van der Waals surface area contributed by atoms with Gasteiger partial charge in [0, 0.05) is 0 Å². The van der Waals surface area contributed by atoms with Crippen LogP contribution >= 0.6 is 15.9 Å². The number of hydrogen-bond acceptors (Lipinski definition) is 2. The molecule has 2 aromatic rings. The molecule has 122 valence electrons. The number of halogens is 2. The molecule has 0 saturated carbocycles. The van der Waals surface area contributed by atoms with Crippen LogP contribution in [0, 0.1) is 11.7 Å². The molecule has 3 nitrogen and oxygen atoms in total. The zero-order valence-corrected chi connectivity index (χ0v) is 14.6. The van der Waals surface area contributed by atoms with Gasteiger partial charge in [-0.05, 0) is 45.6 Å². The summed E-state index contributed by atoms with van der Waals surface area (Å²) in [6.07, 6.45) is 0. The van der Waals surface area contributed by atoms with E-state index in [1.54, 1.807) is 0 Å². The van der Waals surface area contributed by atoms with Gasteiger partial charge in [0.15, 0.2) is 6.61 Å². The minimum atomic E-state index is -0.363. The molecule has 2 aromatic carbocycles. The molecule has 0 aromatic heterocycles. The summed E-state index contributed by atoms with van der Waals surface area (Å²) in [6, 6.07) is 13.8. The lowest BCUT2D eigenvalue weighted by Gasteiger charge is -2.23. The lowest BCUT2D eigenvalue weighted by atomic mass is 9.96. The fraction of sp³-hybridized carbons (Fsp3) is 0.278. The molecule has 0 aliphatic carbocycles. The lowest BCUT2D eigenvalue weighted by molar-refractivity contribution is -0.124. The van der Waals surface area contributed by atoms with Crippen LogP contribution < -0.4 is 10.1 Å². The molecular weight excluding hydrogens is 361 g/mol. The molecule has 1 amide bonds. The Morgan fingerprint density at radius 2 is 1.91 bits per heavy atom. The van der Waals surface area contributed by atoms with Crippen LogP contribution in [-0.2, 0) is 4.79 Å². The summed E-state index contributed by atoms with van der Waals surface area (Å²) in [6.45, 7) is 3.98. The number of rotatable bonds is 6. The Balaban J connectivity index is 1.97. The predicted octanol–water partition coefficient (Wildman–Crippen LogP) is 4.48. The van der Waals surface area contributed by atoms with Crippen LogP contribution in [-0.4, -0.2) is 12.5 Å². The summed E-state index contributed by atoms with van der Waals surface area (Å²) in [7, 11) is 0. The topological polar surface area (TPSA) is 38.3 Å². The number of carbonyl (C=O) groups is 1. The molecule has 0 aliphatic heterocycles. The monoisotopic (exact) mass is 379 g/mol. The molecule has 0 fully saturated rings. The largest absolute Gasteiger partial charge is 0.483 e. The van der Waals surface area contributed by atoms with Crippen molar-refractivity contribution in [3.05, 3.63) is 64.4 Å². The van der Waals surface area contributed by atoms with Crippen LogP contribution in [0.15, 0.2) is 53.0 Å². The minimum absolute atomic E-state index is 0.0797. The van der Waals surface area contributed by atoms with Gasteiger partial charge in [-0.2, -0.15) is 0 Å². The second-order valence-electron chi connectivity index (χ2n) is 5.56. The summed E-state index contributed by atoms with van der Waals surface area (Å²) in [5.41, 5.74) is 1.05. The molecule has 0 aliphatic rings. The average molecular weight is 380 g/mol. The molecule has 0 saturated heterocycles. The van der Waals surface area contributed by atoms with E-state index in [1.807, 2.05) is 30.3 Å². The maximum absolute atomic E-state index is 13.0. The second kappa shape index (κ2) is 8.11. The smallest absolute Gasteiger partial charge is 0.258 e. The van der Waals surface area contributed by atoms with Crippen molar-refractivity contribution in [2.45, 2.75) is 19.9 Å². The van der Waals surface area contributed by atoms with Crippen molar-refractivity contribution in [2.75, 3.05) is 6.61 Å². The van der Waals surface area contributed by atoms with Crippen molar-refractivity contribution in [3.63, 3.8) is 0 Å². The van der Waals surface area contributed by atoms with Gasteiger partial charge in [0.25, 0.3) is 5.91 Å². The van der Waals surface area contributed by atoms with Gasteiger partial charge >= 0.3 is 0 Å². The van der Waals surface area contributed by atoms with Gasteiger partial charge < -0.3 is 10.1 Å². The first-order chi connectivity index (χ1) is 11.0. The van der Waals surface area contributed by atoms with E-state index in [0.717, 1.165) is 5.56 Å². The first-order valence-electron chi connectivity index (χ1n) is 7.39. The van der Waals surface area contributed by atoms with E-state index < -0.39 is 0 Å². The zero-order valence-electron chi connectivity index (χ0n) is 13.1. The third kappa shape index (κ3) is 5.06. The molecule has 1 atom stereocenters. The van der Waals surface area contributed by atoms with Crippen molar-refractivity contribution < 1.29 is 13.9 Å². The number of ether oxygens (including phenoxy) is 1. The van der Waals surface area contributed by atoms with E-state index in [4.69, 9.17) is 4.74 Å². The Morgan fingerprint density at radius 1 is 1.22 bits per heavy atom. The van der Waals surface area contributed by atoms with Gasteiger partial charge in [-0.15, -0.1) is 0 Å². The SMILES string of the molecule is CC(C)C(NC(=O)COc1ccc(F)cc1Br)c1ccccc1. The van der Waals surface area contributed by atoms with Crippen molar-refractivity contribution >= 4 is 21.8 Å². The fourth-order valence-corrected chi connectivity index (χ4v) is 2.71. The van der Waals surface area contributed by atoms with Crippen LogP contribution in [0.2, 0.25) is 0 Å². The predicted molar refractivity (Wildman–Crippen MR) is 91.8 cm³/mol. The molecule has 2 rings (SSSR count). The standard InChI is InChI=1S/C18H19BrFNO2/c1-12(2)18(13-6-4-3-5-7-13)21-17(22)11-23-16-9-8-14(20)10-15(16)19/h3-10,12,18H,11H2,1-2H3,(H,21,22). The quantitative estimate of drug-likeness (QED) is 0.803. The maximum atomic E-state index is 13.0. The maximum Gasteiger partial charge on any atom is 0.258 e. The van der Waals surface area contributed by atoms with E-state index in [9.17, 15) is 9.18 Å². The van der Waals surface area contributed by atoms with E-state index in [2.05, 4.69) is 35.1 Å². The highest BCUT2D eigenvalue weighted by molar-refractivity contribution is 9.10. The van der Waals surface area contributed by atoms with E-state index in [-0.39, 0.29) is 30.3 Å². The summed E-state index contributed by atoms with van der Waals surface area (Å²) in [5.74, 6) is 0.0997. The fourth-order valence-electron chi connectivity index (χ4n) is 2.25. The molecule has 23 heavy (non-hydrogen) atoms. The van der Waals surface area contributed by atoms with Gasteiger partial charge in [0.1, 0.15) is 11.6 Å². The summed E-state index contributed by atoms with van der Waals surface area (Å²) >= 11 is 3.21. The van der Waals surface area contributed by atoms with E-state index >= 15 is 0 Å². The summed E-state index contributed by atoms with van der Waals surface area (Å²) in [4.78, 5) is 12.2. The van der Waals surface area contributed by atoms with Crippen molar-refractivity contribution in [3.8, 4) is 5.75 Å². The highest BCUT2D eigenvalue weighted by atomic mass is 79.9. The van der Waals surface area contributed by atoms with Gasteiger partial charge in [-0.3, -0.25) is 4.79 Å². The van der Waals surface area contributed by atoms with Crippen molar-refractivity contribution in [1.29, 1.82) is 0 Å². The zero-order chi connectivity index (χ0) is 16.8. The first-order valence-corrected chi connectivity index (χ1v) is 8.19. The Labute approximate surface area is 144 Å². The molecule has 1 N–H and O–H groups in total. The van der Waals surface area contributed by atoms with E-state index in [1.165, 1.54) is 18.2 Å². The van der Waals surface area contributed by atoms with Crippen LogP contribution in [0.1, 0.15) is 25.5 Å². The Hall–Kier alpha value is -1.88. The van der Waals surface area contributed by atoms with Gasteiger partial charge in [-0.1, -0.05) is 44.2 Å². The van der Waals surface area contributed by atoms with Gasteiger partial charge in [0.05, 0.1) is 10.5 Å². The Bertz CT molecular complexity index is 661. The number of amides is 1. The second-order valence-corrected chi connectivity index (χ2v) is 6.42. The highest BCUT2D eigenvalue weighted by Crippen LogP contribution is 2.25. The molecule has 0 spiro atoms. The van der Waals surface area contributed by atoms with Crippen LogP contribution in [0.4, 0.5) is 4.39 Å². The molecule has 1 unspecified atom stereocenters. The van der Waals surface area contributed by atoms with Gasteiger partial charge in [-0.25, -0.2) is 4.39 Å². The highest BCUT2D eigenvalue weighted by Gasteiger charge is 2.18. The molecule has 0 radical (unpaired) electrons. The number of hydrogen-bond donors (Lipinski definition) is 1. The van der Waals surface area contributed by atoms with Crippen LogP contribution in [0.5, 0.6) is 5.75 Å². The van der Waals surface area contributed by atoms with Crippen LogP contribution in [0.3, 0.4) is 0 Å². The number of carbonyl (C=O) groups excluding carboxylic acids is 1. The Kier molecular flexibility index (Phi) is 6.16. The third-order valence-corrected chi connectivity index (χ3v) is 4.01. The van der Waals surface area contributed by atoms with Crippen LogP contribution in [0.25, 0.3) is 0 Å². The number of nitrogens with one attached hydrogen (secondary N) is 1. The molecule has 5 heteroatoms. The first kappa shape index (κ1) is 17.5. The average Bonchev–Trinajstić information content (AvgIpc) is 2.52. The summed E-state index contributed by atoms with van der Waals surface area (Å²) < 4.78 is 19.0. The molecule has 0 heterocycles. The van der Waals surface area contributed by atoms with Gasteiger partial charge in [0.2, 0.25) is 0 Å². The van der Waals surface area contributed by atoms with E-state index in [0.29, 0.717) is 10.2 Å². The summed E-state index contributed by atoms with van der Waals surface area (Å²) in [5, 5.41) is 2.98. The lowest BCUT2D eigenvalue weighted by Crippen LogP contribution is -2.35. The van der Waals surface area contributed by atoms with Crippen molar-refractivity contribution in [2.24, 2.45) is 5.92 Å². The minimum Gasteiger partial charge on any atom is -0.483 e. The van der Waals surface area contributed by atoms with Crippen molar-refractivity contribution in [1.82, 2.24) is 5.32 Å². The Morgan fingerprint density at radius 3 is 2.52 bits per heavy atom. The normalized spacial score (nSPS) is 12.0. The molecule has 0 bridgehead atoms. The molecular formula is C18H19BrFNO2. The third-order valence-electron chi connectivity index (χ3n) is 3.39.